The van der Waals surface area contributed by atoms with Crippen molar-refractivity contribution < 1.29 is 27.8 Å². The number of likely N-dealkylation sites (N-methyl/N-ethyl adjacent to an activating group) is 1. The Hall–Kier alpha value is -0.960. The first-order chi connectivity index (χ1) is 12.7. The molecule has 8 heteroatoms. The van der Waals surface area contributed by atoms with Gasteiger partial charge in [0.25, 0.3) is 10.1 Å². The molecule has 0 saturated heterocycles. The summed E-state index contributed by atoms with van der Waals surface area (Å²) < 4.78 is 30.1. The predicted octanol–water partition coefficient (Wildman–Crippen LogP) is 0.953. The fourth-order valence-corrected chi connectivity index (χ4v) is 3.48. The zero-order valence-electron chi connectivity index (χ0n) is 17.0. The lowest BCUT2D eigenvalue weighted by molar-refractivity contribution is -0.882. The molecule has 160 valence electrons. The standard InChI is InChI=1S/C19H38N2O5S/c1-3-4-5-6-7-8-9-10-11-13-19(23)20-14-12-15-21(2)16-18(22)17-27(24,25)26/h4-5,18,22H,3,6-17H2,1-2H3,(H,20,23)(H,24,25,26)/p+1. The molecular formula is C19H39N2O5S+. The van der Waals surface area contributed by atoms with E-state index >= 15 is 0 Å². The number of allylic oxidation sites excluding steroid dienone is 2. The van der Waals surface area contributed by atoms with Gasteiger partial charge in [-0.15, -0.1) is 0 Å². The third-order valence-electron chi connectivity index (χ3n) is 4.27. The number of aliphatic hydroxyl groups excluding tert-OH is 1. The normalized spacial score (nSPS) is 14.4. The van der Waals surface area contributed by atoms with Crippen LogP contribution < -0.4 is 10.2 Å². The number of carbonyl (C=O) groups is 1. The Balaban J connectivity index is 3.54. The van der Waals surface area contributed by atoms with Crippen LogP contribution in [-0.4, -0.2) is 62.5 Å². The van der Waals surface area contributed by atoms with Crippen molar-refractivity contribution in [3.05, 3.63) is 12.2 Å². The molecule has 0 rings (SSSR count). The van der Waals surface area contributed by atoms with Crippen molar-refractivity contribution in [2.45, 2.75) is 70.8 Å². The van der Waals surface area contributed by atoms with E-state index in [2.05, 4.69) is 24.4 Å². The number of carbonyl (C=O) groups excluding carboxylic acids is 1. The summed E-state index contributed by atoms with van der Waals surface area (Å²) in [7, 11) is -2.31. The Morgan fingerprint density at radius 3 is 2.44 bits per heavy atom. The minimum atomic E-state index is -4.15. The quantitative estimate of drug-likeness (QED) is 0.163. The maximum atomic E-state index is 11.8. The van der Waals surface area contributed by atoms with E-state index in [0.717, 1.165) is 37.0 Å². The second-order valence-corrected chi connectivity index (χ2v) is 8.70. The van der Waals surface area contributed by atoms with Gasteiger partial charge in [0.2, 0.25) is 5.91 Å². The van der Waals surface area contributed by atoms with E-state index < -0.39 is 22.0 Å². The molecule has 2 atom stereocenters. The number of hydrogen-bond acceptors (Lipinski definition) is 4. The number of nitrogens with one attached hydrogen (secondary N) is 2. The summed E-state index contributed by atoms with van der Waals surface area (Å²) in [6, 6.07) is 0. The molecule has 0 saturated carbocycles. The third kappa shape index (κ3) is 19.6. The van der Waals surface area contributed by atoms with Gasteiger partial charge in [-0.2, -0.15) is 8.42 Å². The van der Waals surface area contributed by atoms with E-state index in [-0.39, 0.29) is 12.5 Å². The number of aliphatic hydroxyl groups is 1. The molecule has 27 heavy (non-hydrogen) atoms. The highest BCUT2D eigenvalue weighted by atomic mass is 32.2. The molecule has 0 fully saturated rings. The van der Waals surface area contributed by atoms with E-state index in [4.69, 9.17) is 4.55 Å². The Morgan fingerprint density at radius 1 is 1.11 bits per heavy atom. The molecule has 0 aliphatic rings. The van der Waals surface area contributed by atoms with Crippen LogP contribution in [0, 0.1) is 0 Å². The minimum absolute atomic E-state index is 0.0740. The summed E-state index contributed by atoms with van der Waals surface area (Å²) in [6.45, 7) is 3.66. The summed E-state index contributed by atoms with van der Waals surface area (Å²) in [5, 5.41) is 12.5. The van der Waals surface area contributed by atoms with Crippen LogP contribution in [0.25, 0.3) is 0 Å². The highest BCUT2D eigenvalue weighted by Crippen LogP contribution is 2.07. The molecule has 0 aromatic heterocycles. The zero-order valence-corrected chi connectivity index (χ0v) is 17.8. The first-order valence-electron chi connectivity index (χ1n) is 10.1. The molecule has 0 heterocycles. The monoisotopic (exact) mass is 407 g/mol. The van der Waals surface area contributed by atoms with Gasteiger partial charge in [0.15, 0.2) is 0 Å². The van der Waals surface area contributed by atoms with Crippen LogP contribution in [0.2, 0.25) is 0 Å². The molecule has 7 nitrogen and oxygen atoms in total. The molecule has 0 aliphatic heterocycles. The van der Waals surface area contributed by atoms with Gasteiger partial charge in [-0.05, 0) is 25.7 Å². The van der Waals surface area contributed by atoms with Crippen molar-refractivity contribution in [3.63, 3.8) is 0 Å². The minimum Gasteiger partial charge on any atom is -0.386 e. The summed E-state index contributed by atoms with van der Waals surface area (Å²) >= 11 is 0. The molecule has 4 N–H and O–H groups in total. The molecule has 0 radical (unpaired) electrons. The number of unbranched alkanes of at least 4 members (excludes halogenated alkanes) is 5. The lowest BCUT2D eigenvalue weighted by Crippen LogP contribution is -3.10. The second kappa shape index (κ2) is 16.0. The van der Waals surface area contributed by atoms with Gasteiger partial charge in [0.05, 0.1) is 13.6 Å². The average Bonchev–Trinajstić information content (AvgIpc) is 2.55. The van der Waals surface area contributed by atoms with Gasteiger partial charge in [-0.25, -0.2) is 0 Å². The molecular weight excluding hydrogens is 368 g/mol. The summed E-state index contributed by atoms with van der Waals surface area (Å²) in [6.07, 6.45) is 12.5. The van der Waals surface area contributed by atoms with Crippen molar-refractivity contribution >= 4 is 16.0 Å². The first kappa shape index (κ1) is 26.0. The Labute approximate surface area is 165 Å². The van der Waals surface area contributed by atoms with Crippen LogP contribution in [0.3, 0.4) is 0 Å². The van der Waals surface area contributed by atoms with E-state index in [1.165, 1.54) is 19.3 Å². The third-order valence-corrected chi connectivity index (χ3v) is 5.07. The van der Waals surface area contributed by atoms with Crippen LogP contribution in [0.4, 0.5) is 0 Å². The fourth-order valence-electron chi connectivity index (χ4n) is 2.88. The summed E-state index contributed by atoms with van der Waals surface area (Å²) in [4.78, 5) is 12.7. The largest absolute Gasteiger partial charge is 0.386 e. The SMILES string of the molecule is CCC=CCCCCCCCC(=O)NCCC[NH+](C)CC(O)CS(=O)(=O)O. The van der Waals surface area contributed by atoms with Crippen LogP contribution in [0.5, 0.6) is 0 Å². The van der Waals surface area contributed by atoms with E-state index in [1.807, 2.05) is 7.05 Å². The molecule has 2 unspecified atom stereocenters. The van der Waals surface area contributed by atoms with Gasteiger partial charge >= 0.3 is 0 Å². The molecule has 1 amide bonds. The van der Waals surface area contributed by atoms with Gasteiger partial charge in [-0.3, -0.25) is 9.35 Å². The summed E-state index contributed by atoms with van der Waals surface area (Å²) in [5.41, 5.74) is 0. The Bertz CT molecular complexity index is 508. The van der Waals surface area contributed by atoms with Crippen LogP contribution in [-0.2, 0) is 14.9 Å². The van der Waals surface area contributed by atoms with Gasteiger partial charge in [0, 0.05) is 19.4 Å². The predicted molar refractivity (Wildman–Crippen MR) is 108 cm³/mol. The first-order valence-corrected chi connectivity index (χ1v) is 11.7. The van der Waals surface area contributed by atoms with Gasteiger partial charge in [-0.1, -0.05) is 38.3 Å². The van der Waals surface area contributed by atoms with Crippen molar-refractivity contribution in [3.8, 4) is 0 Å². The smallest absolute Gasteiger partial charge is 0.267 e. The second-order valence-electron chi connectivity index (χ2n) is 7.20. The Morgan fingerprint density at radius 2 is 1.78 bits per heavy atom. The van der Waals surface area contributed by atoms with Gasteiger partial charge < -0.3 is 15.3 Å². The molecule has 0 aromatic carbocycles. The van der Waals surface area contributed by atoms with Crippen LogP contribution in [0.15, 0.2) is 12.2 Å². The molecule has 0 aliphatic carbocycles. The lowest BCUT2D eigenvalue weighted by atomic mass is 10.1. The number of amides is 1. The number of rotatable bonds is 17. The Kier molecular flexibility index (Phi) is 15.5. The van der Waals surface area contributed by atoms with Crippen LogP contribution >= 0.6 is 0 Å². The van der Waals surface area contributed by atoms with E-state index in [1.54, 1.807) is 0 Å². The fraction of sp³-hybridized carbons (Fsp3) is 0.842. The van der Waals surface area contributed by atoms with Crippen molar-refractivity contribution in [2.75, 3.05) is 32.4 Å². The lowest BCUT2D eigenvalue weighted by Gasteiger charge is -2.17. The number of hydrogen-bond donors (Lipinski definition) is 4. The van der Waals surface area contributed by atoms with Crippen molar-refractivity contribution in [1.82, 2.24) is 5.32 Å². The van der Waals surface area contributed by atoms with Crippen LogP contribution in [0.1, 0.15) is 64.7 Å². The average molecular weight is 408 g/mol. The van der Waals surface area contributed by atoms with Crippen molar-refractivity contribution in [2.24, 2.45) is 0 Å². The van der Waals surface area contributed by atoms with Crippen molar-refractivity contribution in [1.29, 1.82) is 0 Å². The molecule has 0 bridgehead atoms. The topological polar surface area (TPSA) is 108 Å². The highest BCUT2D eigenvalue weighted by Gasteiger charge is 2.18. The molecule has 0 spiro atoms. The highest BCUT2D eigenvalue weighted by molar-refractivity contribution is 7.85. The summed E-state index contributed by atoms with van der Waals surface area (Å²) in [5.74, 6) is -0.568. The van der Waals surface area contributed by atoms with E-state index in [9.17, 15) is 18.3 Å². The zero-order chi connectivity index (χ0) is 20.5. The number of quaternary nitrogens is 1. The van der Waals surface area contributed by atoms with Gasteiger partial charge in [0.1, 0.15) is 18.4 Å². The molecule has 0 aromatic rings. The maximum absolute atomic E-state index is 11.8. The van der Waals surface area contributed by atoms with E-state index in [0.29, 0.717) is 19.5 Å². The maximum Gasteiger partial charge on any atom is 0.267 e.